The van der Waals surface area contributed by atoms with Crippen LogP contribution in [0, 0.1) is 11.8 Å². The van der Waals surface area contributed by atoms with E-state index in [1.807, 2.05) is 44.2 Å². The van der Waals surface area contributed by atoms with Crippen LogP contribution in [-0.2, 0) is 20.8 Å². The van der Waals surface area contributed by atoms with Crippen LogP contribution in [0.4, 0.5) is 0 Å². The van der Waals surface area contributed by atoms with Crippen LogP contribution in [0.15, 0.2) is 30.3 Å². The molecule has 132 valence electrons. The van der Waals surface area contributed by atoms with E-state index in [0.29, 0.717) is 0 Å². The number of amides is 2. The smallest absolute Gasteiger partial charge is 0.243 e. The minimum Gasteiger partial charge on any atom is -0.345 e. The molecule has 1 rings (SSSR count). The van der Waals surface area contributed by atoms with Crippen LogP contribution in [0.5, 0.6) is 0 Å². The highest BCUT2D eigenvalue weighted by Crippen LogP contribution is 2.06. The van der Waals surface area contributed by atoms with E-state index in [0.717, 1.165) is 5.56 Å². The number of hydrogen-bond donors (Lipinski definition) is 2. The molecule has 0 aromatic heterocycles. The Morgan fingerprint density at radius 3 is 2.00 bits per heavy atom. The van der Waals surface area contributed by atoms with Crippen molar-refractivity contribution in [1.29, 1.82) is 0 Å². The van der Waals surface area contributed by atoms with Gasteiger partial charge in [0.05, 0.1) is 12.5 Å². The van der Waals surface area contributed by atoms with Crippen molar-refractivity contribution in [2.75, 3.05) is 0 Å². The van der Waals surface area contributed by atoms with E-state index in [-0.39, 0.29) is 35.9 Å². The molecule has 0 fully saturated rings. The molecule has 2 atom stereocenters. The summed E-state index contributed by atoms with van der Waals surface area (Å²) in [6.45, 7) is 8.99. The second-order valence-corrected chi connectivity index (χ2v) is 6.74. The zero-order chi connectivity index (χ0) is 18.3. The molecule has 1 aromatic carbocycles. The Hall–Kier alpha value is -2.17. The van der Waals surface area contributed by atoms with Gasteiger partial charge in [-0.05, 0) is 18.4 Å². The molecule has 0 aliphatic carbocycles. The number of Topliss-reactive ketones (excluding diaryl/α,β-unsaturated/α-hetero) is 1. The zero-order valence-electron chi connectivity index (χ0n) is 15.1. The summed E-state index contributed by atoms with van der Waals surface area (Å²) in [7, 11) is 0. The lowest BCUT2D eigenvalue weighted by Crippen LogP contribution is -2.53. The van der Waals surface area contributed by atoms with Gasteiger partial charge in [-0.2, -0.15) is 0 Å². The third-order valence-electron chi connectivity index (χ3n) is 3.83. The number of ketones is 1. The lowest BCUT2D eigenvalue weighted by atomic mass is 10.00. The average molecular weight is 332 g/mol. The summed E-state index contributed by atoms with van der Waals surface area (Å²) >= 11 is 0. The summed E-state index contributed by atoms with van der Waals surface area (Å²) in [6, 6.07) is 8.14. The maximum absolute atomic E-state index is 12.4. The van der Waals surface area contributed by atoms with Gasteiger partial charge >= 0.3 is 0 Å². The van der Waals surface area contributed by atoms with Crippen molar-refractivity contribution in [3.05, 3.63) is 35.9 Å². The summed E-state index contributed by atoms with van der Waals surface area (Å²) < 4.78 is 0. The van der Waals surface area contributed by atoms with Crippen molar-refractivity contribution < 1.29 is 14.4 Å². The summed E-state index contributed by atoms with van der Waals surface area (Å²) in [4.78, 5) is 36.6. The summed E-state index contributed by atoms with van der Waals surface area (Å²) in [5.74, 6) is -0.788. The minimum atomic E-state index is -0.663. The molecule has 24 heavy (non-hydrogen) atoms. The van der Waals surface area contributed by atoms with Gasteiger partial charge in [-0.3, -0.25) is 14.4 Å². The molecule has 0 unspecified atom stereocenters. The van der Waals surface area contributed by atoms with Crippen LogP contribution in [0.25, 0.3) is 0 Å². The van der Waals surface area contributed by atoms with Crippen molar-refractivity contribution in [2.45, 2.75) is 53.1 Å². The lowest BCUT2D eigenvalue weighted by molar-refractivity contribution is -0.132. The normalized spacial score (nSPS) is 13.5. The fourth-order valence-corrected chi connectivity index (χ4v) is 2.41. The summed E-state index contributed by atoms with van der Waals surface area (Å²) in [5, 5.41) is 5.48. The van der Waals surface area contributed by atoms with E-state index in [9.17, 15) is 14.4 Å². The Morgan fingerprint density at radius 2 is 1.50 bits per heavy atom. The molecule has 0 saturated carbocycles. The maximum Gasteiger partial charge on any atom is 0.243 e. The first kappa shape index (κ1) is 19.9. The van der Waals surface area contributed by atoms with Gasteiger partial charge in [0.2, 0.25) is 11.8 Å². The highest BCUT2D eigenvalue weighted by atomic mass is 16.2. The molecule has 5 heteroatoms. The van der Waals surface area contributed by atoms with Crippen molar-refractivity contribution >= 4 is 17.6 Å². The standard InChI is InChI=1S/C19H28N2O3/c1-12(2)17(19(24)20-14(5)18(23)13(3)4)21-16(22)11-15-9-7-6-8-10-15/h6-10,12-14,17H,11H2,1-5H3,(H,20,24)(H,21,22)/t14-,17-/m0/s1. The fraction of sp³-hybridized carbons (Fsp3) is 0.526. The van der Waals surface area contributed by atoms with E-state index in [1.54, 1.807) is 20.8 Å². The second-order valence-electron chi connectivity index (χ2n) is 6.74. The van der Waals surface area contributed by atoms with Crippen molar-refractivity contribution in [1.82, 2.24) is 10.6 Å². The molecule has 0 radical (unpaired) electrons. The van der Waals surface area contributed by atoms with Gasteiger partial charge in [0.25, 0.3) is 0 Å². The van der Waals surface area contributed by atoms with Gasteiger partial charge < -0.3 is 10.6 Å². The molecule has 0 spiro atoms. The Balaban J connectivity index is 2.67. The van der Waals surface area contributed by atoms with Gasteiger partial charge in [-0.1, -0.05) is 58.0 Å². The Labute approximate surface area is 144 Å². The first-order chi connectivity index (χ1) is 11.2. The monoisotopic (exact) mass is 332 g/mol. The van der Waals surface area contributed by atoms with E-state index in [1.165, 1.54) is 0 Å². The molecule has 0 heterocycles. The van der Waals surface area contributed by atoms with Gasteiger partial charge in [0.15, 0.2) is 5.78 Å². The number of rotatable bonds is 8. The number of nitrogens with one attached hydrogen (secondary N) is 2. The molecule has 0 saturated heterocycles. The van der Waals surface area contributed by atoms with E-state index >= 15 is 0 Å². The first-order valence-electron chi connectivity index (χ1n) is 8.39. The highest BCUT2D eigenvalue weighted by molar-refractivity contribution is 5.93. The number of carbonyl (C=O) groups is 3. The van der Waals surface area contributed by atoms with E-state index in [4.69, 9.17) is 0 Å². The molecule has 5 nitrogen and oxygen atoms in total. The topological polar surface area (TPSA) is 75.3 Å². The lowest BCUT2D eigenvalue weighted by Gasteiger charge is -2.24. The minimum absolute atomic E-state index is 0.0264. The van der Waals surface area contributed by atoms with Gasteiger partial charge in [-0.25, -0.2) is 0 Å². The van der Waals surface area contributed by atoms with Crippen LogP contribution in [0.1, 0.15) is 40.2 Å². The first-order valence-corrected chi connectivity index (χ1v) is 8.39. The predicted octanol–water partition coefficient (Wildman–Crippen LogP) is 2.10. The molecule has 0 aliphatic heterocycles. The fourth-order valence-electron chi connectivity index (χ4n) is 2.41. The number of carbonyl (C=O) groups excluding carboxylic acids is 3. The summed E-state index contributed by atoms with van der Waals surface area (Å²) in [5.41, 5.74) is 0.890. The third-order valence-corrected chi connectivity index (χ3v) is 3.83. The van der Waals surface area contributed by atoms with Crippen molar-refractivity contribution in [2.24, 2.45) is 11.8 Å². The number of hydrogen-bond acceptors (Lipinski definition) is 3. The molecule has 2 N–H and O–H groups in total. The molecular weight excluding hydrogens is 304 g/mol. The zero-order valence-corrected chi connectivity index (χ0v) is 15.1. The van der Waals surface area contributed by atoms with Crippen LogP contribution in [0.3, 0.4) is 0 Å². The predicted molar refractivity (Wildman–Crippen MR) is 94.4 cm³/mol. The van der Waals surface area contributed by atoms with Gasteiger partial charge in [0.1, 0.15) is 6.04 Å². The third kappa shape index (κ3) is 6.14. The molecule has 1 aromatic rings. The van der Waals surface area contributed by atoms with Crippen LogP contribution < -0.4 is 10.6 Å². The highest BCUT2D eigenvalue weighted by Gasteiger charge is 2.27. The van der Waals surface area contributed by atoms with E-state index in [2.05, 4.69) is 10.6 Å². The quantitative estimate of drug-likeness (QED) is 0.765. The number of benzene rings is 1. The van der Waals surface area contributed by atoms with Crippen molar-refractivity contribution in [3.63, 3.8) is 0 Å². The van der Waals surface area contributed by atoms with Crippen LogP contribution in [0.2, 0.25) is 0 Å². The Kier molecular flexibility index (Phi) is 7.62. The van der Waals surface area contributed by atoms with Crippen LogP contribution in [-0.4, -0.2) is 29.7 Å². The summed E-state index contributed by atoms with van der Waals surface area (Å²) in [6.07, 6.45) is 0.220. The molecule has 0 aliphatic rings. The van der Waals surface area contributed by atoms with E-state index < -0.39 is 12.1 Å². The van der Waals surface area contributed by atoms with Crippen molar-refractivity contribution in [3.8, 4) is 0 Å². The SMILES string of the molecule is CC(C)C(=O)[C@H](C)NC(=O)[C@@H](NC(=O)Cc1ccccc1)C(C)C. The Bertz CT molecular complexity index is 567. The second kappa shape index (κ2) is 9.21. The molecule has 2 amide bonds. The molecule has 0 bridgehead atoms. The average Bonchev–Trinajstić information content (AvgIpc) is 2.52. The van der Waals surface area contributed by atoms with Gasteiger partial charge in [0, 0.05) is 5.92 Å². The van der Waals surface area contributed by atoms with Crippen LogP contribution >= 0.6 is 0 Å². The molecular formula is C19H28N2O3. The van der Waals surface area contributed by atoms with Gasteiger partial charge in [-0.15, -0.1) is 0 Å². The largest absolute Gasteiger partial charge is 0.345 e. The Morgan fingerprint density at radius 1 is 0.917 bits per heavy atom. The maximum atomic E-state index is 12.4.